The minimum absolute atomic E-state index is 0.0102. The van der Waals surface area contributed by atoms with Gasteiger partial charge in [-0.2, -0.15) is 21.6 Å². The van der Waals surface area contributed by atoms with Gasteiger partial charge in [-0.25, -0.2) is 4.79 Å². The van der Waals surface area contributed by atoms with Gasteiger partial charge in [0.15, 0.2) is 0 Å². The van der Waals surface area contributed by atoms with Crippen molar-refractivity contribution in [3.05, 3.63) is 11.8 Å². The predicted octanol–water partition coefficient (Wildman–Crippen LogP) is 2.35. The molecule has 9 heteroatoms. The third kappa shape index (κ3) is 6.46. The lowest BCUT2D eigenvalue weighted by molar-refractivity contribution is -0.137. The van der Waals surface area contributed by atoms with Crippen molar-refractivity contribution < 1.29 is 35.3 Å². The Morgan fingerprint density at radius 1 is 1.32 bits per heavy atom. The highest BCUT2D eigenvalue weighted by atomic mass is 32.2. The van der Waals surface area contributed by atoms with E-state index in [0.717, 1.165) is 0 Å². The van der Waals surface area contributed by atoms with Crippen LogP contribution in [0.25, 0.3) is 0 Å². The second-order valence-electron chi connectivity index (χ2n) is 3.94. The number of allylic oxidation sites excluding steroid dienone is 1. The average Bonchev–Trinajstić information content (AvgIpc) is 2.13. The summed E-state index contributed by atoms with van der Waals surface area (Å²) >= 11 is 0. The van der Waals surface area contributed by atoms with Crippen LogP contribution < -0.4 is 0 Å². The first kappa shape index (κ1) is 17.8. The molecule has 0 rings (SSSR count). The molecule has 0 radical (unpaired) electrons. The number of esters is 1. The van der Waals surface area contributed by atoms with Crippen LogP contribution >= 0.6 is 0 Å². The van der Waals surface area contributed by atoms with E-state index in [1.54, 1.807) is 13.8 Å². The second-order valence-corrected chi connectivity index (χ2v) is 5.48. The van der Waals surface area contributed by atoms with E-state index in [9.17, 15) is 26.4 Å². The Morgan fingerprint density at radius 2 is 1.84 bits per heavy atom. The van der Waals surface area contributed by atoms with E-state index in [1.165, 1.54) is 6.92 Å². The van der Waals surface area contributed by atoms with Gasteiger partial charge in [0.1, 0.15) is 5.76 Å². The van der Waals surface area contributed by atoms with Crippen LogP contribution in [-0.4, -0.2) is 26.5 Å². The molecule has 0 aliphatic heterocycles. The lowest BCUT2D eigenvalue weighted by Crippen LogP contribution is -2.26. The maximum Gasteiger partial charge on any atom is 0.534 e. The maximum absolute atomic E-state index is 12.2. The summed E-state index contributed by atoms with van der Waals surface area (Å²) in [5, 5.41) is 0. The van der Waals surface area contributed by atoms with Crippen molar-refractivity contribution in [1.82, 2.24) is 0 Å². The van der Waals surface area contributed by atoms with E-state index in [-0.39, 0.29) is 18.9 Å². The molecular formula is C10H15F3O5S. The monoisotopic (exact) mass is 304 g/mol. The topological polar surface area (TPSA) is 69.7 Å². The zero-order valence-electron chi connectivity index (χ0n) is 10.7. The van der Waals surface area contributed by atoms with Gasteiger partial charge in [0, 0.05) is 6.42 Å². The summed E-state index contributed by atoms with van der Waals surface area (Å²) in [7, 11) is -5.78. The summed E-state index contributed by atoms with van der Waals surface area (Å²) in [5.41, 5.74) is -5.54. The lowest BCUT2D eigenvalue weighted by Gasteiger charge is -2.13. The van der Waals surface area contributed by atoms with Crippen LogP contribution in [-0.2, 0) is 23.8 Å². The van der Waals surface area contributed by atoms with Crippen LogP contribution in [0.5, 0.6) is 0 Å². The van der Waals surface area contributed by atoms with Crippen molar-refractivity contribution in [2.24, 2.45) is 5.92 Å². The van der Waals surface area contributed by atoms with E-state index in [1.807, 2.05) is 0 Å². The third-order valence-electron chi connectivity index (χ3n) is 1.68. The third-order valence-corrected chi connectivity index (χ3v) is 2.68. The molecule has 0 N–H and O–H groups in total. The van der Waals surface area contributed by atoms with Crippen LogP contribution in [0.1, 0.15) is 27.2 Å². The fourth-order valence-electron chi connectivity index (χ4n) is 1.02. The van der Waals surface area contributed by atoms with Crippen molar-refractivity contribution in [3.8, 4) is 0 Å². The molecule has 19 heavy (non-hydrogen) atoms. The highest BCUT2D eigenvalue weighted by Gasteiger charge is 2.48. The smallest absolute Gasteiger partial charge is 0.463 e. The number of ether oxygens (including phenoxy) is 1. The minimum atomic E-state index is -5.78. The molecule has 0 aliphatic rings. The van der Waals surface area contributed by atoms with Crippen molar-refractivity contribution in [2.75, 3.05) is 6.61 Å². The van der Waals surface area contributed by atoms with Crippen molar-refractivity contribution in [1.29, 1.82) is 0 Å². The van der Waals surface area contributed by atoms with E-state index < -0.39 is 27.4 Å². The van der Waals surface area contributed by atoms with E-state index in [4.69, 9.17) is 0 Å². The minimum Gasteiger partial charge on any atom is -0.463 e. The molecule has 0 amide bonds. The molecule has 0 saturated heterocycles. The van der Waals surface area contributed by atoms with Crippen LogP contribution in [0.4, 0.5) is 13.2 Å². The van der Waals surface area contributed by atoms with Crippen LogP contribution in [0.3, 0.4) is 0 Å². The largest absolute Gasteiger partial charge is 0.534 e. The van der Waals surface area contributed by atoms with Gasteiger partial charge in [0.25, 0.3) is 0 Å². The average molecular weight is 304 g/mol. The summed E-state index contributed by atoms with van der Waals surface area (Å²) in [6.45, 7) is 4.77. The molecule has 0 bridgehead atoms. The van der Waals surface area contributed by atoms with E-state index in [0.29, 0.717) is 6.08 Å². The van der Waals surface area contributed by atoms with Crippen LogP contribution in [0, 0.1) is 5.92 Å². The second kappa shape index (κ2) is 6.78. The lowest BCUT2D eigenvalue weighted by atomic mass is 10.1. The van der Waals surface area contributed by atoms with Crippen molar-refractivity contribution in [2.45, 2.75) is 32.7 Å². The molecule has 0 spiro atoms. The number of carbonyl (C=O) groups is 1. The first-order valence-electron chi connectivity index (χ1n) is 5.37. The molecular weight excluding hydrogens is 289 g/mol. The Bertz CT molecular complexity index is 437. The van der Waals surface area contributed by atoms with E-state index in [2.05, 4.69) is 8.92 Å². The molecule has 0 aromatic rings. The first-order valence-corrected chi connectivity index (χ1v) is 6.78. The Labute approximate surface area is 109 Å². The number of hydrogen-bond acceptors (Lipinski definition) is 5. The molecule has 0 saturated carbocycles. The Hall–Kier alpha value is -1.25. The Balaban J connectivity index is 5.14. The van der Waals surface area contributed by atoms with Gasteiger partial charge in [-0.1, -0.05) is 13.8 Å². The van der Waals surface area contributed by atoms with Gasteiger partial charge in [-0.05, 0) is 12.8 Å². The predicted molar refractivity (Wildman–Crippen MR) is 60.2 cm³/mol. The van der Waals surface area contributed by atoms with E-state index >= 15 is 0 Å². The molecule has 112 valence electrons. The zero-order chi connectivity index (χ0) is 15.3. The van der Waals surface area contributed by atoms with Gasteiger partial charge in [0.2, 0.25) is 0 Å². The standard InChI is InChI=1S/C10H15F3O5S/c1-4-17-9(14)6-8(5-7(2)3)18-19(15,16)10(11,12)13/h6-7H,4-5H2,1-3H3/b8-6+. The molecule has 0 unspecified atom stereocenters. The Morgan fingerprint density at radius 3 is 2.21 bits per heavy atom. The van der Waals surface area contributed by atoms with Gasteiger partial charge >= 0.3 is 21.6 Å². The van der Waals surface area contributed by atoms with Crippen LogP contribution in [0.15, 0.2) is 11.8 Å². The fourth-order valence-corrected chi connectivity index (χ4v) is 1.52. The first-order chi connectivity index (χ1) is 8.49. The van der Waals surface area contributed by atoms with Crippen molar-refractivity contribution >= 4 is 16.1 Å². The fraction of sp³-hybridized carbons (Fsp3) is 0.700. The van der Waals surface area contributed by atoms with Gasteiger partial charge < -0.3 is 8.92 Å². The molecule has 0 heterocycles. The number of alkyl halides is 3. The van der Waals surface area contributed by atoms with Gasteiger partial charge in [0.05, 0.1) is 12.7 Å². The summed E-state index contributed by atoms with van der Waals surface area (Å²) in [6, 6.07) is 0. The molecule has 0 fully saturated rings. The zero-order valence-corrected chi connectivity index (χ0v) is 11.5. The molecule has 0 aromatic heterocycles. The molecule has 0 atom stereocenters. The summed E-state index contributed by atoms with van der Waals surface area (Å²) in [6.07, 6.45) is 0.459. The quantitative estimate of drug-likeness (QED) is 0.248. The number of rotatable bonds is 6. The Kier molecular flexibility index (Phi) is 6.34. The summed E-state index contributed by atoms with van der Waals surface area (Å²) in [5.74, 6) is -1.77. The number of carbonyl (C=O) groups excluding carboxylic acids is 1. The highest BCUT2D eigenvalue weighted by Crippen LogP contribution is 2.28. The molecule has 5 nitrogen and oxygen atoms in total. The van der Waals surface area contributed by atoms with Crippen LogP contribution in [0.2, 0.25) is 0 Å². The highest BCUT2D eigenvalue weighted by molar-refractivity contribution is 7.87. The number of hydrogen-bond donors (Lipinski definition) is 0. The van der Waals surface area contributed by atoms with Gasteiger partial charge in [-0.15, -0.1) is 0 Å². The molecule has 0 aliphatic carbocycles. The van der Waals surface area contributed by atoms with Gasteiger partial charge in [-0.3, -0.25) is 0 Å². The maximum atomic E-state index is 12.2. The van der Waals surface area contributed by atoms with Crippen molar-refractivity contribution in [3.63, 3.8) is 0 Å². The SMILES string of the molecule is CCOC(=O)/C=C(\CC(C)C)OS(=O)(=O)C(F)(F)F. The normalized spacial score (nSPS) is 13.5. The summed E-state index contributed by atoms with van der Waals surface area (Å²) < 4.78 is 66.6. The summed E-state index contributed by atoms with van der Waals surface area (Å²) in [4.78, 5) is 11.1. The molecule has 0 aromatic carbocycles. The number of halogens is 3.